The highest BCUT2D eigenvalue weighted by Gasteiger charge is 2.20. The summed E-state index contributed by atoms with van der Waals surface area (Å²) >= 11 is 0. The molecule has 1 unspecified atom stereocenters. The number of imidazole rings is 1. The Morgan fingerprint density at radius 1 is 1.62 bits per heavy atom. The molecule has 1 aromatic heterocycles. The van der Waals surface area contributed by atoms with Crippen LogP contribution in [0.15, 0.2) is 12.4 Å². The number of aromatic nitrogens is 2. The molecule has 2 N–H and O–H groups in total. The van der Waals surface area contributed by atoms with Crippen LogP contribution < -0.4 is 5.32 Å². The van der Waals surface area contributed by atoms with Crippen LogP contribution in [-0.2, 0) is 6.54 Å². The van der Waals surface area contributed by atoms with Gasteiger partial charge in [0.2, 0.25) is 0 Å². The van der Waals surface area contributed by atoms with Crippen LogP contribution in [0.4, 0.5) is 0 Å². The molecule has 0 aromatic carbocycles. The quantitative estimate of drug-likeness (QED) is 0.761. The molecule has 16 heavy (non-hydrogen) atoms. The molecule has 1 saturated heterocycles. The van der Waals surface area contributed by atoms with Crippen molar-refractivity contribution in [3.8, 4) is 0 Å². The second-order valence-electron chi connectivity index (χ2n) is 4.62. The lowest BCUT2D eigenvalue weighted by Crippen LogP contribution is -2.27. The summed E-state index contributed by atoms with van der Waals surface area (Å²) in [6.07, 6.45) is 6.28. The molecule has 1 aliphatic rings. The summed E-state index contributed by atoms with van der Waals surface area (Å²) in [5.74, 6) is 1.85. The van der Waals surface area contributed by atoms with Crippen molar-refractivity contribution in [2.24, 2.45) is 5.92 Å². The number of nitrogens with zero attached hydrogens (tertiary/aromatic N) is 2. The van der Waals surface area contributed by atoms with Crippen molar-refractivity contribution in [3.63, 3.8) is 0 Å². The zero-order valence-electron chi connectivity index (χ0n) is 10.1. The van der Waals surface area contributed by atoms with Crippen molar-refractivity contribution >= 4 is 0 Å². The van der Waals surface area contributed by atoms with Crippen LogP contribution in [-0.4, -0.2) is 41.0 Å². The standard InChI is InChI=1S/C12H22N4/c1-2-6-16-7-3-11(10-16)8-13-9-12-14-4-5-15-12/h4-5,11,13H,2-3,6-10H2,1H3,(H,14,15). The largest absolute Gasteiger partial charge is 0.348 e. The fraction of sp³-hybridized carbons (Fsp3) is 0.750. The van der Waals surface area contributed by atoms with Crippen molar-refractivity contribution in [1.29, 1.82) is 0 Å². The lowest BCUT2D eigenvalue weighted by Gasteiger charge is -2.14. The smallest absolute Gasteiger partial charge is 0.120 e. The molecule has 0 saturated carbocycles. The maximum atomic E-state index is 4.20. The van der Waals surface area contributed by atoms with Gasteiger partial charge < -0.3 is 15.2 Å². The third kappa shape index (κ3) is 3.32. The minimum Gasteiger partial charge on any atom is -0.348 e. The van der Waals surface area contributed by atoms with Crippen LogP contribution in [0.25, 0.3) is 0 Å². The highest BCUT2D eigenvalue weighted by Crippen LogP contribution is 2.15. The molecular formula is C12H22N4. The molecular weight excluding hydrogens is 200 g/mol. The van der Waals surface area contributed by atoms with Crippen molar-refractivity contribution in [2.45, 2.75) is 26.3 Å². The molecule has 4 nitrogen and oxygen atoms in total. The monoisotopic (exact) mass is 222 g/mol. The number of H-pyrrole nitrogens is 1. The average molecular weight is 222 g/mol. The van der Waals surface area contributed by atoms with Crippen LogP contribution in [0.5, 0.6) is 0 Å². The molecule has 0 bridgehead atoms. The Morgan fingerprint density at radius 2 is 2.56 bits per heavy atom. The molecule has 0 aliphatic carbocycles. The normalized spacial score (nSPS) is 21.7. The third-order valence-electron chi connectivity index (χ3n) is 3.19. The SMILES string of the molecule is CCCN1CCC(CNCc2ncc[nH]2)C1. The summed E-state index contributed by atoms with van der Waals surface area (Å²) in [7, 11) is 0. The topological polar surface area (TPSA) is 44.0 Å². The predicted molar refractivity (Wildman–Crippen MR) is 65.1 cm³/mol. The van der Waals surface area contributed by atoms with Crippen molar-refractivity contribution in [2.75, 3.05) is 26.2 Å². The van der Waals surface area contributed by atoms with E-state index in [0.29, 0.717) is 0 Å². The number of nitrogens with one attached hydrogen (secondary N) is 2. The van der Waals surface area contributed by atoms with E-state index in [9.17, 15) is 0 Å². The Kier molecular flexibility index (Phi) is 4.36. The first kappa shape index (κ1) is 11.6. The molecule has 2 heterocycles. The molecule has 90 valence electrons. The fourth-order valence-electron chi connectivity index (χ4n) is 2.39. The first-order chi connectivity index (χ1) is 7.88. The van der Waals surface area contributed by atoms with Gasteiger partial charge in [0.15, 0.2) is 0 Å². The van der Waals surface area contributed by atoms with E-state index in [2.05, 4.69) is 27.1 Å². The number of rotatable bonds is 6. The van der Waals surface area contributed by atoms with E-state index in [4.69, 9.17) is 0 Å². The van der Waals surface area contributed by atoms with Gasteiger partial charge in [-0.3, -0.25) is 0 Å². The summed E-state index contributed by atoms with van der Waals surface area (Å²) in [5, 5.41) is 3.47. The summed E-state index contributed by atoms with van der Waals surface area (Å²) in [6.45, 7) is 8.02. The maximum absolute atomic E-state index is 4.20. The Balaban J connectivity index is 1.60. The van der Waals surface area contributed by atoms with Crippen LogP contribution >= 0.6 is 0 Å². The number of aromatic amines is 1. The summed E-state index contributed by atoms with van der Waals surface area (Å²) < 4.78 is 0. The van der Waals surface area contributed by atoms with Gasteiger partial charge in [-0.25, -0.2) is 4.98 Å². The average Bonchev–Trinajstić information content (AvgIpc) is 2.90. The summed E-state index contributed by atoms with van der Waals surface area (Å²) in [6, 6.07) is 0. The second-order valence-corrected chi connectivity index (χ2v) is 4.62. The highest BCUT2D eigenvalue weighted by atomic mass is 15.1. The Hall–Kier alpha value is -0.870. The van der Waals surface area contributed by atoms with E-state index in [-0.39, 0.29) is 0 Å². The van der Waals surface area contributed by atoms with Gasteiger partial charge in [0.1, 0.15) is 5.82 Å². The first-order valence-electron chi connectivity index (χ1n) is 6.30. The molecule has 1 fully saturated rings. The minimum absolute atomic E-state index is 0.821. The van der Waals surface area contributed by atoms with E-state index >= 15 is 0 Å². The van der Waals surface area contributed by atoms with Crippen molar-refractivity contribution in [1.82, 2.24) is 20.2 Å². The molecule has 0 spiro atoms. The lowest BCUT2D eigenvalue weighted by molar-refractivity contribution is 0.322. The predicted octanol–water partition coefficient (Wildman–Crippen LogP) is 1.23. The third-order valence-corrected chi connectivity index (χ3v) is 3.19. The molecule has 0 amide bonds. The zero-order valence-corrected chi connectivity index (χ0v) is 10.1. The van der Waals surface area contributed by atoms with Crippen LogP contribution in [0.2, 0.25) is 0 Å². The molecule has 0 radical (unpaired) electrons. The van der Waals surface area contributed by atoms with Gasteiger partial charge in [-0.1, -0.05) is 6.92 Å². The van der Waals surface area contributed by atoms with Gasteiger partial charge in [-0.15, -0.1) is 0 Å². The van der Waals surface area contributed by atoms with Gasteiger partial charge in [-0.05, 0) is 38.4 Å². The highest BCUT2D eigenvalue weighted by molar-refractivity contribution is 4.86. The van der Waals surface area contributed by atoms with E-state index in [1.807, 2.05) is 6.20 Å². The van der Waals surface area contributed by atoms with Crippen LogP contribution in [0.3, 0.4) is 0 Å². The molecule has 4 heteroatoms. The van der Waals surface area contributed by atoms with E-state index in [1.54, 1.807) is 6.20 Å². The number of likely N-dealkylation sites (tertiary alicyclic amines) is 1. The Labute approximate surface area is 97.4 Å². The van der Waals surface area contributed by atoms with Gasteiger partial charge in [0.05, 0.1) is 6.54 Å². The zero-order chi connectivity index (χ0) is 11.2. The summed E-state index contributed by atoms with van der Waals surface area (Å²) in [4.78, 5) is 9.87. The van der Waals surface area contributed by atoms with Gasteiger partial charge in [-0.2, -0.15) is 0 Å². The second kappa shape index (κ2) is 6.01. The van der Waals surface area contributed by atoms with E-state index < -0.39 is 0 Å². The van der Waals surface area contributed by atoms with Crippen LogP contribution in [0, 0.1) is 5.92 Å². The Morgan fingerprint density at radius 3 is 3.31 bits per heavy atom. The van der Waals surface area contributed by atoms with Crippen molar-refractivity contribution < 1.29 is 0 Å². The molecule has 1 aromatic rings. The van der Waals surface area contributed by atoms with E-state index in [1.165, 1.54) is 32.5 Å². The maximum Gasteiger partial charge on any atom is 0.120 e. The number of hydrogen-bond acceptors (Lipinski definition) is 3. The van der Waals surface area contributed by atoms with Crippen molar-refractivity contribution in [3.05, 3.63) is 18.2 Å². The van der Waals surface area contributed by atoms with Gasteiger partial charge in [0, 0.05) is 18.9 Å². The van der Waals surface area contributed by atoms with Gasteiger partial charge in [0.25, 0.3) is 0 Å². The Bertz CT molecular complexity index is 283. The van der Waals surface area contributed by atoms with E-state index in [0.717, 1.165) is 24.8 Å². The molecule has 1 atom stereocenters. The first-order valence-corrected chi connectivity index (χ1v) is 6.30. The number of hydrogen-bond donors (Lipinski definition) is 2. The lowest BCUT2D eigenvalue weighted by atomic mass is 10.1. The molecule has 1 aliphatic heterocycles. The molecule has 2 rings (SSSR count). The minimum atomic E-state index is 0.821. The van der Waals surface area contributed by atoms with Gasteiger partial charge >= 0.3 is 0 Å². The summed E-state index contributed by atoms with van der Waals surface area (Å²) in [5.41, 5.74) is 0. The van der Waals surface area contributed by atoms with Crippen LogP contribution in [0.1, 0.15) is 25.6 Å². The fourth-order valence-corrected chi connectivity index (χ4v) is 2.39.